The van der Waals surface area contributed by atoms with Crippen molar-refractivity contribution < 1.29 is 0 Å². The fourth-order valence-electron chi connectivity index (χ4n) is 3.45. The van der Waals surface area contributed by atoms with E-state index in [-0.39, 0.29) is 0 Å². The maximum atomic E-state index is 4.73. The first-order valence-electron chi connectivity index (χ1n) is 9.71. The first-order valence-corrected chi connectivity index (χ1v) is 9.71. The lowest BCUT2D eigenvalue weighted by molar-refractivity contribution is 0.973. The molecule has 0 heterocycles. The quantitative estimate of drug-likeness (QED) is 0.293. The molecule has 0 radical (unpaired) electrons. The Hall–Kier alpha value is -3.26. The number of hydrogen-bond donors (Lipinski definition) is 0. The highest BCUT2D eigenvalue weighted by atomic mass is 14.8. The van der Waals surface area contributed by atoms with Crippen molar-refractivity contribution in [1.29, 1.82) is 0 Å². The lowest BCUT2D eigenvalue weighted by Gasteiger charge is -2.05. The van der Waals surface area contributed by atoms with Crippen molar-refractivity contribution in [3.63, 3.8) is 0 Å². The third kappa shape index (κ3) is 4.01. The Morgan fingerprint density at radius 3 is 1.36 bits per heavy atom. The standard InChI is InChI=1S/C26H24N2/c1-19(23-13-11-21-7-3-5-9-25(21)17-23)27-15-16-28-20(2)24-14-12-22-8-4-6-10-26(22)18-24/h3-14,17-18H,15-16H2,1-2H3. The summed E-state index contributed by atoms with van der Waals surface area (Å²) in [6.07, 6.45) is 0. The van der Waals surface area contributed by atoms with Gasteiger partial charge in [-0.15, -0.1) is 0 Å². The normalized spacial score (nSPS) is 12.6. The Labute approximate surface area is 166 Å². The van der Waals surface area contributed by atoms with Gasteiger partial charge in [0, 0.05) is 11.4 Å². The van der Waals surface area contributed by atoms with Crippen molar-refractivity contribution in [2.24, 2.45) is 9.98 Å². The van der Waals surface area contributed by atoms with Gasteiger partial charge in [0.05, 0.1) is 13.1 Å². The highest BCUT2D eigenvalue weighted by Gasteiger charge is 2.01. The summed E-state index contributed by atoms with van der Waals surface area (Å²) in [6.45, 7) is 5.54. The van der Waals surface area contributed by atoms with Gasteiger partial charge in [0.2, 0.25) is 0 Å². The molecule has 0 aliphatic heterocycles. The second-order valence-corrected chi connectivity index (χ2v) is 7.06. The molecule has 2 nitrogen and oxygen atoms in total. The van der Waals surface area contributed by atoms with Crippen LogP contribution in [0.2, 0.25) is 0 Å². The van der Waals surface area contributed by atoms with Crippen molar-refractivity contribution in [2.45, 2.75) is 13.8 Å². The Bertz CT molecular complexity index is 1090. The summed E-state index contributed by atoms with van der Waals surface area (Å²) in [5, 5.41) is 5.02. The van der Waals surface area contributed by atoms with Gasteiger partial charge in [-0.25, -0.2) is 0 Å². The monoisotopic (exact) mass is 364 g/mol. The first-order chi connectivity index (χ1) is 13.7. The number of benzene rings is 4. The summed E-state index contributed by atoms with van der Waals surface area (Å²) in [5.41, 5.74) is 4.47. The van der Waals surface area contributed by atoms with Crippen LogP contribution in [0.3, 0.4) is 0 Å². The molecule has 4 aromatic carbocycles. The molecular formula is C26H24N2. The average molecular weight is 364 g/mol. The fraction of sp³-hybridized carbons (Fsp3) is 0.154. The van der Waals surface area contributed by atoms with Crippen LogP contribution in [-0.2, 0) is 0 Å². The molecule has 0 atom stereocenters. The maximum Gasteiger partial charge on any atom is 0.0588 e. The van der Waals surface area contributed by atoms with Crippen LogP contribution in [0.15, 0.2) is 94.9 Å². The van der Waals surface area contributed by atoms with Crippen molar-refractivity contribution in [3.8, 4) is 0 Å². The van der Waals surface area contributed by atoms with E-state index in [1.54, 1.807) is 0 Å². The molecule has 0 N–H and O–H groups in total. The highest BCUT2D eigenvalue weighted by Crippen LogP contribution is 2.17. The number of rotatable bonds is 5. The fourth-order valence-corrected chi connectivity index (χ4v) is 3.45. The molecule has 0 bridgehead atoms. The predicted molar refractivity (Wildman–Crippen MR) is 122 cm³/mol. The molecule has 0 aromatic heterocycles. The van der Waals surface area contributed by atoms with E-state index in [1.807, 2.05) is 0 Å². The molecule has 0 aliphatic rings. The largest absolute Gasteiger partial charge is 0.288 e. The van der Waals surface area contributed by atoms with Gasteiger partial charge in [0.1, 0.15) is 0 Å². The third-order valence-corrected chi connectivity index (χ3v) is 5.13. The summed E-state index contributed by atoms with van der Waals surface area (Å²) < 4.78 is 0. The second kappa shape index (κ2) is 8.18. The minimum absolute atomic E-state index is 0.698. The zero-order valence-electron chi connectivity index (χ0n) is 16.4. The van der Waals surface area contributed by atoms with Gasteiger partial charge in [-0.05, 0) is 58.7 Å². The average Bonchev–Trinajstić information content (AvgIpc) is 2.75. The summed E-state index contributed by atoms with van der Waals surface area (Å²) in [7, 11) is 0. The van der Waals surface area contributed by atoms with E-state index in [0.717, 1.165) is 11.4 Å². The van der Waals surface area contributed by atoms with Gasteiger partial charge in [-0.2, -0.15) is 0 Å². The molecule has 0 amide bonds. The van der Waals surface area contributed by atoms with E-state index in [2.05, 4.69) is 98.8 Å². The molecule has 4 aromatic rings. The van der Waals surface area contributed by atoms with Crippen LogP contribution in [0.25, 0.3) is 21.5 Å². The Balaban J connectivity index is 1.43. The van der Waals surface area contributed by atoms with Gasteiger partial charge in [-0.1, -0.05) is 72.8 Å². The van der Waals surface area contributed by atoms with Crippen LogP contribution < -0.4 is 0 Å². The Morgan fingerprint density at radius 2 is 0.929 bits per heavy atom. The van der Waals surface area contributed by atoms with Crippen molar-refractivity contribution in [3.05, 3.63) is 96.1 Å². The smallest absolute Gasteiger partial charge is 0.0588 e. The van der Waals surface area contributed by atoms with Crippen molar-refractivity contribution >= 4 is 33.0 Å². The third-order valence-electron chi connectivity index (χ3n) is 5.13. The zero-order chi connectivity index (χ0) is 19.3. The molecule has 4 rings (SSSR count). The van der Waals surface area contributed by atoms with Gasteiger partial charge >= 0.3 is 0 Å². The number of aliphatic imine (C=N–C) groups is 2. The molecule has 0 saturated carbocycles. The van der Waals surface area contributed by atoms with Crippen LogP contribution in [0, 0.1) is 0 Å². The summed E-state index contributed by atoms with van der Waals surface area (Å²) >= 11 is 0. The molecule has 0 unspecified atom stereocenters. The van der Waals surface area contributed by atoms with Gasteiger partial charge in [0.15, 0.2) is 0 Å². The van der Waals surface area contributed by atoms with Crippen molar-refractivity contribution in [2.75, 3.05) is 13.1 Å². The van der Waals surface area contributed by atoms with E-state index < -0.39 is 0 Å². The zero-order valence-corrected chi connectivity index (χ0v) is 16.4. The molecule has 0 fully saturated rings. The summed E-state index contributed by atoms with van der Waals surface area (Å²) in [4.78, 5) is 9.45. The van der Waals surface area contributed by atoms with Crippen LogP contribution in [0.4, 0.5) is 0 Å². The maximum absolute atomic E-state index is 4.73. The molecular weight excluding hydrogens is 340 g/mol. The van der Waals surface area contributed by atoms with E-state index in [1.165, 1.54) is 32.7 Å². The van der Waals surface area contributed by atoms with Crippen LogP contribution >= 0.6 is 0 Å². The second-order valence-electron chi connectivity index (χ2n) is 7.06. The van der Waals surface area contributed by atoms with Gasteiger partial charge in [-0.3, -0.25) is 9.98 Å². The molecule has 0 spiro atoms. The molecule has 138 valence electrons. The lowest BCUT2D eigenvalue weighted by atomic mass is 10.0. The Kier molecular flexibility index (Phi) is 5.29. The number of hydrogen-bond acceptors (Lipinski definition) is 2. The summed E-state index contributed by atoms with van der Waals surface area (Å²) in [6, 6.07) is 29.9. The van der Waals surface area contributed by atoms with Crippen LogP contribution in [0.1, 0.15) is 25.0 Å². The lowest BCUT2D eigenvalue weighted by Crippen LogP contribution is -2.01. The van der Waals surface area contributed by atoms with Crippen molar-refractivity contribution in [1.82, 2.24) is 0 Å². The first kappa shape index (κ1) is 18.1. The van der Waals surface area contributed by atoms with E-state index in [9.17, 15) is 0 Å². The van der Waals surface area contributed by atoms with Gasteiger partial charge in [0.25, 0.3) is 0 Å². The SMILES string of the molecule is CC(=NCCN=C(C)c1ccc2ccccc2c1)c1ccc2ccccc2c1. The Morgan fingerprint density at radius 1 is 0.536 bits per heavy atom. The molecule has 2 heteroatoms. The highest BCUT2D eigenvalue weighted by molar-refractivity contribution is 6.03. The van der Waals surface area contributed by atoms with E-state index in [0.29, 0.717) is 13.1 Å². The molecule has 28 heavy (non-hydrogen) atoms. The minimum atomic E-state index is 0.698. The minimum Gasteiger partial charge on any atom is -0.288 e. The number of fused-ring (bicyclic) bond motifs is 2. The van der Waals surface area contributed by atoms with Crippen LogP contribution in [-0.4, -0.2) is 24.5 Å². The van der Waals surface area contributed by atoms with E-state index in [4.69, 9.17) is 9.98 Å². The predicted octanol–water partition coefficient (Wildman–Crippen LogP) is 6.31. The molecule has 0 saturated heterocycles. The van der Waals surface area contributed by atoms with Gasteiger partial charge < -0.3 is 0 Å². The van der Waals surface area contributed by atoms with Crippen LogP contribution in [0.5, 0.6) is 0 Å². The summed E-state index contributed by atoms with van der Waals surface area (Å²) in [5.74, 6) is 0. The van der Waals surface area contributed by atoms with E-state index >= 15 is 0 Å². The number of nitrogens with zero attached hydrogens (tertiary/aromatic N) is 2. The molecule has 0 aliphatic carbocycles. The topological polar surface area (TPSA) is 24.7 Å².